The van der Waals surface area contributed by atoms with Crippen molar-refractivity contribution in [3.63, 3.8) is 0 Å². The van der Waals surface area contributed by atoms with Crippen molar-refractivity contribution >= 4 is 11.6 Å². The zero-order chi connectivity index (χ0) is 14.4. The van der Waals surface area contributed by atoms with Gasteiger partial charge in [-0.3, -0.25) is 4.79 Å². The molecule has 2 rings (SSSR count). The van der Waals surface area contributed by atoms with Crippen LogP contribution in [0.5, 0.6) is 5.75 Å². The summed E-state index contributed by atoms with van der Waals surface area (Å²) in [5.41, 5.74) is 0.849. The average molecular weight is 276 g/mol. The molecule has 110 valence electrons. The van der Waals surface area contributed by atoms with Crippen molar-refractivity contribution in [2.45, 2.75) is 25.7 Å². The molecule has 1 aliphatic carbocycles. The summed E-state index contributed by atoms with van der Waals surface area (Å²) in [7, 11) is 4.04. The minimum absolute atomic E-state index is 0.156. The number of anilines is 1. The lowest BCUT2D eigenvalue weighted by molar-refractivity contribution is -0.119. The van der Waals surface area contributed by atoms with Gasteiger partial charge in [0.05, 0.1) is 0 Å². The molecule has 0 atom stereocenters. The van der Waals surface area contributed by atoms with Crippen LogP contribution in [0.15, 0.2) is 24.3 Å². The molecule has 0 heterocycles. The molecule has 0 saturated heterocycles. The van der Waals surface area contributed by atoms with E-state index in [1.54, 1.807) is 0 Å². The lowest BCUT2D eigenvalue weighted by atomic mass is 10.1. The summed E-state index contributed by atoms with van der Waals surface area (Å²) < 4.78 is 5.62. The van der Waals surface area contributed by atoms with E-state index in [0.29, 0.717) is 6.61 Å². The van der Waals surface area contributed by atoms with Crippen LogP contribution in [0.25, 0.3) is 0 Å². The predicted octanol–water partition coefficient (Wildman–Crippen LogP) is 2.76. The Morgan fingerprint density at radius 3 is 2.50 bits per heavy atom. The lowest BCUT2D eigenvalue weighted by Gasteiger charge is -2.12. The fraction of sp³-hybridized carbons (Fsp3) is 0.562. The van der Waals surface area contributed by atoms with Gasteiger partial charge in [-0.05, 0) is 51.2 Å². The summed E-state index contributed by atoms with van der Waals surface area (Å²) in [5, 5.41) is 2.98. The molecule has 1 amide bonds. The number of likely N-dealkylation sites (N-methyl/N-ethyl adjacent to an activating group) is 1. The smallest absolute Gasteiger partial charge is 0.227 e. The maximum Gasteiger partial charge on any atom is 0.227 e. The van der Waals surface area contributed by atoms with Crippen molar-refractivity contribution < 1.29 is 9.53 Å². The molecule has 0 spiro atoms. The molecule has 1 saturated carbocycles. The molecule has 0 aromatic heterocycles. The Morgan fingerprint density at radius 2 is 1.90 bits per heavy atom. The normalized spacial score (nSPS) is 15.6. The summed E-state index contributed by atoms with van der Waals surface area (Å²) in [6.45, 7) is 1.56. The van der Waals surface area contributed by atoms with Crippen LogP contribution in [0.3, 0.4) is 0 Å². The van der Waals surface area contributed by atoms with E-state index in [2.05, 4.69) is 10.2 Å². The van der Waals surface area contributed by atoms with Gasteiger partial charge in [-0.1, -0.05) is 12.8 Å². The van der Waals surface area contributed by atoms with E-state index in [1.165, 1.54) is 12.8 Å². The zero-order valence-corrected chi connectivity index (χ0v) is 12.4. The van der Waals surface area contributed by atoms with E-state index in [9.17, 15) is 4.79 Å². The topological polar surface area (TPSA) is 41.6 Å². The van der Waals surface area contributed by atoms with Crippen molar-refractivity contribution in [1.29, 1.82) is 0 Å². The van der Waals surface area contributed by atoms with Crippen LogP contribution in [0, 0.1) is 5.92 Å². The van der Waals surface area contributed by atoms with E-state index in [1.807, 2.05) is 38.4 Å². The summed E-state index contributed by atoms with van der Waals surface area (Å²) in [6.07, 6.45) is 4.41. The van der Waals surface area contributed by atoms with Gasteiger partial charge in [0.15, 0.2) is 0 Å². The van der Waals surface area contributed by atoms with Gasteiger partial charge in [-0.25, -0.2) is 0 Å². The Labute approximate surface area is 121 Å². The summed E-state index contributed by atoms with van der Waals surface area (Å²) in [4.78, 5) is 14.1. The molecule has 1 aromatic rings. The Balaban J connectivity index is 1.80. The molecule has 4 heteroatoms. The number of rotatable bonds is 6. The minimum atomic E-state index is 0.156. The highest BCUT2D eigenvalue weighted by Gasteiger charge is 2.22. The summed E-state index contributed by atoms with van der Waals surface area (Å²) in [6, 6.07) is 7.61. The van der Waals surface area contributed by atoms with Crippen molar-refractivity contribution in [2.75, 3.05) is 32.6 Å². The number of amides is 1. The Morgan fingerprint density at radius 1 is 1.25 bits per heavy atom. The average Bonchev–Trinajstić information content (AvgIpc) is 2.94. The van der Waals surface area contributed by atoms with Gasteiger partial charge in [0.2, 0.25) is 5.91 Å². The second-order valence-corrected chi connectivity index (χ2v) is 5.65. The van der Waals surface area contributed by atoms with Gasteiger partial charge in [0.1, 0.15) is 12.4 Å². The van der Waals surface area contributed by atoms with E-state index in [-0.39, 0.29) is 11.8 Å². The van der Waals surface area contributed by atoms with Gasteiger partial charge in [-0.2, -0.15) is 0 Å². The molecular weight excluding hydrogens is 252 g/mol. The maximum absolute atomic E-state index is 12.0. The summed E-state index contributed by atoms with van der Waals surface area (Å²) >= 11 is 0. The molecule has 0 unspecified atom stereocenters. The maximum atomic E-state index is 12.0. The van der Waals surface area contributed by atoms with Crippen molar-refractivity contribution in [3.05, 3.63) is 24.3 Å². The van der Waals surface area contributed by atoms with Gasteiger partial charge in [0, 0.05) is 18.2 Å². The molecule has 0 bridgehead atoms. The fourth-order valence-electron chi connectivity index (χ4n) is 2.41. The first-order chi connectivity index (χ1) is 9.65. The number of benzene rings is 1. The predicted molar refractivity (Wildman–Crippen MR) is 81.1 cm³/mol. The third kappa shape index (κ3) is 4.53. The molecule has 0 aliphatic heterocycles. The van der Waals surface area contributed by atoms with Crippen molar-refractivity contribution in [3.8, 4) is 5.75 Å². The first kappa shape index (κ1) is 14.9. The van der Waals surface area contributed by atoms with Gasteiger partial charge < -0.3 is 15.0 Å². The fourth-order valence-corrected chi connectivity index (χ4v) is 2.41. The van der Waals surface area contributed by atoms with Crippen LogP contribution in [0.2, 0.25) is 0 Å². The molecule has 0 radical (unpaired) electrons. The van der Waals surface area contributed by atoms with Gasteiger partial charge >= 0.3 is 0 Å². The minimum Gasteiger partial charge on any atom is -0.492 e. The van der Waals surface area contributed by atoms with Crippen molar-refractivity contribution in [2.24, 2.45) is 5.92 Å². The van der Waals surface area contributed by atoms with Crippen LogP contribution < -0.4 is 10.1 Å². The second kappa shape index (κ2) is 7.29. The van der Waals surface area contributed by atoms with Crippen LogP contribution in [0.1, 0.15) is 25.7 Å². The highest BCUT2D eigenvalue weighted by Crippen LogP contribution is 2.26. The number of nitrogens with zero attached hydrogens (tertiary/aromatic N) is 1. The zero-order valence-electron chi connectivity index (χ0n) is 12.4. The molecule has 20 heavy (non-hydrogen) atoms. The van der Waals surface area contributed by atoms with E-state index in [0.717, 1.165) is 30.8 Å². The van der Waals surface area contributed by atoms with Gasteiger partial charge in [-0.15, -0.1) is 0 Å². The molecule has 1 aromatic carbocycles. The first-order valence-corrected chi connectivity index (χ1v) is 7.33. The van der Waals surface area contributed by atoms with Crippen LogP contribution in [-0.2, 0) is 4.79 Å². The molecule has 4 nitrogen and oxygen atoms in total. The monoisotopic (exact) mass is 276 g/mol. The Hall–Kier alpha value is -1.55. The van der Waals surface area contributed by atoms with Gasteiger partial charge in [0.25, 0.3) is 0 Å². The van der Waals surface area contributed by atoms with E-state index < -0.39 is 0 Å². The number of hydrogen-bond donors (Lipinski definition) is 1. The number of carbonyl (C=O) groups is 1. The molecule has 1 N–H and O–H groups in total. The van der Waals surface area contributed by atoms with Crippen molar-refractivity contribution in [1.82, 2.24) is 4.90 Å². The molecule has 1 aliphatic rings. The highest BCUT2D eigenvalue weighted by molar-refractivity contribution is 5.92. The summed E-state index contributed by atoms with van der Waals surface area (Å²) in [5.74, 6) is 1.19. The quantitative estimate of drug-likeness (QED) is 0.868. The number of carbonyl (C=O) groups excluding carboxylic acids is 1. The second-order valence-electron chi connectivity index (χ2n) is 5.65. The lowest BCUT2D eigenvalue weighted by Crippen LogP contribution is -2.20. The van der Waals surface area contributed by atoms with Crippen LogP contribution in [-0.4, -0.2) is 38.1 Å². The molecular formula is C16H24N2O2. The third-order valence-electron chi connectivity index (χ3n) is 3.66. The number of ether oxygens (including phenoxy) is 1. The van der Waals surface area contributed by atoms with E-state index in [4.69, 9.17) is 4.74 Å². The SMILES string of the molecule is CN(C)CCOc1ccc(NC(=O)C2CCCC2)cc1. The number of nitrogens with one attached hydrogen (secondary N) is 1. The standard InChI is InChI=1S/C16H24N2O2/c1-18(2)11-12-20-15-9-7-14(8-10-15)17-16(19)13-5-3-4-6-13/h7-10,13H,3-6,11-12H2,1-2H3,(H,17,19). The van der Waals surface area contributed by atoms with Crippen LogP contribution >= 0.6 is 0 Å². The largest absolute Gasteiger partial charge is 0.492 e. The van der Waals surface area contributed by atoms with E-state index >= 15 is 0 Å². The van der Waals surface area contributed by atoms with Crippen LogP contribution in [0.4, 0.5) is 5.69 Å². The Kier molecular flexibility index (Phi) is 5.41. The first-order valence-electron chi connectivity index (χ1n) is 7.33. The molecule has 1 fully saturated rings. The third-order valence-corrected chi connectivity index (χ3v) is 3.66. The number of hydrogen-bond acceptors (Lipinski definition) is 3. The highest BCUT2D eigenvalue weighted by atomic mass is 16.5. The Bertz CT molecular complexity index is 423.